The molecule has 0 fully saturated rings. The first-order valence-corrected chi connectivity index (χ1v) is 6.83. The molecule has 0 saturated heterocycles. The highest BCUT2D eigenvalue weighted by Crippen LogP contribution is 2.26. The van der Waals surface area contributed by atoms with Crippen LogP contribution in [-0.2, 0) is 6.42 Å². The summed E-state index contributed by atoms with van der Waals surface area (Å²) in [7, 11) is 0. The Balaban J connectivity index is 2.63. The summed E-state index contributed by atoms with van der Waals surface area (Å²) in [6.45, 7) is 2.11. The molecule has 1 heterocycles. The maximum absolute atomic E-state index is 6.02. The van der Waals surface area contributed by atoms with E-state index < -0.39 is 0 Å². The highest BCUT2D eigenvalue weighted by molar-refractivity contribution is 9.10. The average Bonchev–Trinajstić information content (AvgIpc) is 2.64. The van der Waals surface area contributed by atoms with Crippen LogP contribution < -0.4 is 0 Å². The van der Waals surface area contributed by atoms with Crippen LogP contribution >= 0.6 is 39.7 Å². The van der Waals surface area contributed by atoms with Gasteiger partial charge in [0.05, 0.1) is 5.69 Å². The third-order valence-electron chi connectivity index (χ3n) is 2.36. The molecule has 0 aliphatic carbocycles. The third kappa shape index (κ3) is 2.61. The standard InChI is InChI=1S/C11H11BrClN3S/c1-2-3-10-14-15-11(17)16(10)9-6-7(13)4-5-8(9)12/h4-6H,2-3H2,1H3,(H,15,17). The molecule has 0 bridgehead atoms. The molecule has 6 heteroatoms. The Morgan fingerprint density at radius 1 is 1.53 bits per heavy atom. The summed E-state index contributed by atoms with van der Waals surface area (Å²) in [4.78, 5) is 0. The molecule has 0 spiro atoms. The zero-order valence-corrected chi connectivity index (χ0v) is 12.4. The largest absolute Gasteiger partial charge is 0.271 e. The number of aryl methyl sites for hydroxylation is 1. The summed E-state index contributed by atoms with van der Waals surface area (Å²) in [6.07, 6.45) is 1.88. The van der Waals surface area contributed by atoms with Gasteiger partial charge in [0, 0.05) is 15.9 Å². The van der Waals surface area contributed by atoms with Crippen LogP contribution in [0.3, 0.4) is 0 Å². The van der Waals surface area contributed by atoms with Crippen LogP contribution in [0, 0.1) is 4.77 Å². The number of nitrogens with one attached hydrogen (secondary N) is 1. The Kier molecular flexibility index (Phi) is 4.01. The number of benzene rings is 1. The number of hydrogen-bond donors (Lipinski definition) is 1. The van der Waals surface area contributed by atoms with Gasteiger partial charge in [-0.05, 0) is 52.8 Å². The zero-order chi connectivity index (χ0) is 12.4. The summed E-state index contributed by atoms with van der Waals surface area (Å²) in [5, 5.41) is 7.73. The molecule has 0 saturated carbocycles. The summed E-state index contributed by atoms with van der Waals surface area (Å²) >= 11 is 14.8. The predicted octanol–water partition coefficient (Wildman–Crippen LogP) is 4.30. The molecule has 1 N–H and O–H groups in total. The normalized spacial score (nSPS) is 10.8. The summed E-state index contributed by atoms with van der Waals surface area (Å²) in [6, 6.07) is 5.61. The molecule has 0 aliphatic rings. The van der Waals surface area contributed by atoms with E-state index in [1.54, 1.807) is 0 Å². The number of halogens is 2. The van der Waals surface area contributed by atoms with Gasteiger partial charge in [-0.15, -0.1) is 0 Å². The van der Waals surface area contributed by atoms with Gasteiger partial charge in [0.2, 0.25) is 0 Å². The average molecular weight is 333 g/mol. The van der Waals surface area contributed by atoms with Gasteiger partial charge in [-0.25, -0.2) is 0 Å². The fourth-order valence-corrected chi connectivity index (χ4v) is 2.47. The van der Waals surface area contributed by atoms with E-state index in [0.29, 0.717) is 9.79 Å². The number of hydrogen-bond acceptors (Lipinski definition) is 2. The third-order valence-corrected chi connectivity index (χ3v) is 3.54. The SMILES string of the molecule is CCCc1n[nH]c(=S)n1-c1cc(Cl)ccc1Br. The van der Waals surface area contributed by atoms with Crippen LogP contribution in [0.25, 0.3) is 5.69 Å². The van der Waals surface area contributed by atoms with E-state index in [9.17, 15) is 0 Å². The van der Waals surface area contributed by atoms with Crippen molar-refractivity contribution in [3.8, 4) is 5.69 Å². The lowest BCUT2D eigenvalue weighted by molar-refractivity contribution is 0.800. The van der Waals surface area contributed by atoms with Gasteiger partial charge in [0.15, 0.2) is 4.77 Å². The lowest BCUT2D eigenvalue weighted by atomic mass is 10.3. The molecular formula is C11H11BrClN3S. The van der Waals surface area contributed by atoms with E-state index in [1.165, 1.54) is 0 Å². The molecule has 2 rings (SSSR count). The molecule has 0 amide bonds. The summed E-state index contributed by atoms with van der Waals surface area (Å²) < 4.78 is 3.43. The van der Waals surface area contributed by atoms with Gasteiger partial charge in [0.1, 0.15) is 5.82 Å². The van der Waals surface area contributed by atoms with E-state index in [1.807, 2.05) is 22.8 Å². The Morgan fingerprint density at radius 3 is 3.00 bits per heavy atom. The predicted molar refractivity (Wildman–Crippen MR) is 75.5 cm³/mol. The van der Waals surface area contributed by atoms with Crippen molar-refractivity contribution in [2.45, 2.75) is 19.8 Å². The van der Waals surface area contributed by atoms with Crippen molar-refractivity contribution in [3.05, 3.63) is 38.3 Å². The van der Waals surface area contributed by atoms with Crippen LogP contribution in [0.1, 0.15) is 19.2 Å². The molecule has 3 nitrogen and oxygen atoms in total. The number of H-pyrrole nitrogens is 1. The van der Waals surface area contributed by atoms with Gasteiger partial charge in [-0.2, -0.15) is 5.10 Å². The maximum Gasteiger partial charge on any atom is 0.199 e. The highest BCUT2D eigenvalue weighted by atomic mass is 79.9. The van der Waals surface area contributed by atoms with Crippen LogP contribution in [0.15, 0.2) is 22.7 Å². The van der Waals surface area contributed by atoms with Crippen molar-refractivity contribution in [2.75, 3.05) is 0 Å². The van der Waals surface area contributed by atoms with Crippen molar-refractivity contribution >= 4 is 39.7 Å². The smallest absolute Gasteiger partial charge is 0.199 e. The molecule has 0 radical (unpaired) electrons. The van der Waals surface area contributed by atoms with E-state index in [2.05, 4.69) is 33.1 Å². The molecule has 2 aromatic rings. The van der Waals surface area contributed by atoms with Gasteiger partial charge >= 0.3 is 0 Å². The highest BCUT2D eigenvalue weighted by Gasteiger charge is 2.10. The Labute approximate surface area is 118 Å². The topological polar surface area (TPSA) is 33.6 Å². The second-order valence-corrected chi connectivity index (χ2v) is 5.30. The second-order valence-electron chi connectivity index (χ2n) is 3.63. The lowest BCUT2D eigenvalue weighted by Crippen LogP contribution is -2.02. The van der Waals surface area contributed by atoms with Crippen molar-refractivity contribution in [1.29, 1.82) is 0 Å². The first-order valence-electron chi connectivity index (χ1n) is 5.25. The van der Waals surface area contributed by atoms with Crippen LogP contribution in [-0.4, -0.2) is 14.8 Å². The van der Waals surface area contributed by atoms with Gasteiger partial charge in [0.25, 0.3) is 0 Å². The zero-order valence-electron chi connectivity index (χ0n) is 9.20. The quantitative estimate of drug-likeness (QED) is 0.850. The Bertz CT molecular complexity index is 591. The Hall–Kier alpha value is -0.650. The van der Waals surface area contributed by atoms with Crippen LogP contribution in [0.5, 0.6) is 0 Å². The van der Waals surface area contributed by atoms with E-state index in [4.69, 9.17) is 23.8 Å². The minimum atomic E-state index is 0.580. The fourth-order valence-electron chi connectivity index (χ4n) is 1.63. The summed E-state index contributed by atoms with van der Waals surface area (Å²) in [5.41, 5.74) is 0.916. The molecule has 17 heavy (non-hydrogen) atoms. The number of rotatable bonds is 3. The van der Waals surface area contributed by atoms with Gasteiger partial charge in [-0.3, -0.25) is 9.67 Å². The van der Waals surface area contributed by atoms with Crippen molar-refractivity contribution in [1.82, 2.24) is 14.8 Å². The Morgan fingerprint density at radius 2 is 2.29 bits per heavy atom. The van der Waals surface area contributed by atoms with Crippen LogP contribution in [0.2, 0.25) is 5.02 Å². The van der Waals surface area contributed by atoms with Gasteiger partial charge in [-0.1, -0.05) is 18.5 Å². The monoisotopic (exact) mass is 331 g/mol. The molecule has 1 aromatic carbocycles. The number of aromatic amines is 1. The molecule has 90 valence electrons. The number of aromatic nitrogens is 3. The fraction of sp³-hybridized carbons (Fsp3) is 0.273. The van der Waals surface area contributed by atoms with Gasteiger partial charge < -0.3 is 0 Å². The first kappa shape index (κ1) is 12.8. The molecule has 1 aromatic heterocycles. The minimum Gasteiger partial charge on any atom is -0.271 e. The molecule has 0 unspecified atom stereocenters. The van der Waals surface area contributed by atoms with Crippen LogP contribution in [0.4, 0.5) is 0 Å². The maximum atomic E-state index is 6.02. The van der Waals surface area contributed by atoms with E-state index >= 15 is 0 Å². The van der Waals surface area contributed by atoms with Crippen molar-refractivity contribution in [2.24, 2.45) is 0 Å². The van der Waals surface area contributed by atoms with E-state index in [-0.39, 0.29) is 0 Å². The van der Waals surface area contributed by atoms with E-state index in [0.717, 1.165) is 28.8 Å². The molecule has 0 atom stereocenters. The second kappa shape index (κ2) is 5.33. The first-order chi connectivity index (χ1) is 8.13. The molecule has 0 aliphatic heterocycles. The summed E-state index contributed by atoms with van der Waals surface area (Å²) in [5.74, 6) is 0.917. The minimum absolute atomic E-state index is 0.580. The lowest BCUT2D eigenvalue weighted by Gasteiger charge is -2.08. The molecular weight excluding hydrogens is 322 g/mol. The van der Waals surface area contributed by atoms with Crippen molar-refractivity contribution in [3.63, 3.8) is 0 Å². The van der Waals surface area contributed by atoms with Crippen molar-refractivity contribution < 1.29 is 0 Å². The number of nitrogens with zero attached hydrogens (tertiary/aromatic N) is 2.